The number of hydrogen-bond donors (Lipinski definition) is 1. The number of aryl methyl sites for hydroxylation is 1. The van der Waals surface area contributed by atoms with Crippen LogP contribution in [0.1, 0.15) is 43.7 Å². The van der Waals surface area contributed by atoms with Gasteiger partial charge in [0.1, 0.15) is 17.8 Å². The Labute approximate surface area is 242 Å². The minimum absolute atomic E-state index is 0.126. The Balaban J connectivity index is 1.42. The second-order valence-corrected chi connectivity index (χ2v) is 12.6. The zero-order valence-corrected chi connectivity index (χ0v) is 24.7. The van der Waals surface area contributed by atoms with Gasteiger partial charge in [-0.2, -0.15) is 4.31 Å². The number of benzene rings is 2. The number of piperidine rings is 1. The summed E-state index contributed by atoms with van der Waals surface area (Å²) in [4.78, 5) is 41.0. The highest BCUT2D eigenvalue weighted by atomic mass is 32.2. The van der Waals surface area contributed by atoms with E-state index in [0.29, 0.717) is 18.6 Å². The highest BCUT2D eigenvalue weighted by molar-refractivity contribution is 7.89. The molecule has 0 saturated carbocycles. The molecule has 0 aliphatic carbocycles. The van der Waals surface area contributed by atoms with Crippen molar-refractivity contribution in [3.63, 3.8) is 0 Å². The van der Waals surface area contributed by atoms with E-state index >= 15 is 0 Å². The summed E-state index contributed by atoms with van der Waals surface area (Å²) in [6.45, 7) is 5.61. The molecule has 1 N–H and O–H groups in total. The molecule has 11 heteroatoms. The number of ether oxygens (including phenoxy) is 2. The van der Waals surface area contributed by atoms with Gasteiger partial charge in [0.05, 0.1) is 17.4 Å². The maximum Gasteiger partial charge on any atom is 0.328 e. The molecule has 2 saturated heterocycles. The van der Waals surface area contributed by atoms with Crippen LogP contribution in [-0.4, -0.2) is 80.8 Å². The Morgan fingerprint density at radius 2 is 1.63 bits per heavy atom. The van der Waals surface area contributed by atoms with Gasteiger partial charge in [-0.15, -0.1) is 0 Å². The summed E-state index contributed by atoms with van der Waals surface area (Å²) in [6, 6.07) is 11.4. The van der Waals surface area contributed by atoms with Crippen LogP contribution in [0.2, 0.25) is 0 Å². The topological polar surface area (TPSA) is 122 Å². The first-order chi connectivity index (χ1) is 19.6. The first-order valence-corrected chi connectivity index (χ1v) is 15.6. The van der Waals surface area contributed by atoms with Crippen LogP contribution in [-0.2, 0) is 35.6 Å². The maximum atomic E-state index is 13.4. The number of nitrogens with zero attached hydrogens (tertiary/aromatic N) is 2. The molecule has 10 nitrogen and oxygen atoms in total. The van der Waals surface area contributed by atoms with Crippen LogP contribution < -0.4 is 10.1 Å². The molecule has 2 fully saturated rings. The molecule has 0 aromatic heterocycles. The monoisotopic (exact) mass is 585 g/mol. The average Bonchev–Trinajstić information content (AvgIpc) is 3.46. The predicted octanol–water partition coefficient (Wildman–Crippen LogP) is 2.69. The van der Waals surface area contributed by atoms with E-state index in [0.717, 1.165) is 37.1 Å². The fourth-order valence-electron chi connectivity index (χ4n) is 5.21. The summed E-state index contributed by atoms with van der Waals surface area (Å²) in [5.74, 6) is -1.11. The third-order valence-corrected chi connectivity index (χ3v) is 9.58. The highest BCUT2D eigenvalue weighted by Gasteiger charge is 2.40. The molecule has 2 aliphatic heterocycles. The quantitative estimate of drug-likeness (QED) is 0.334. The van der Waals surface area contributed by atoms with Gasteiger partial charge in [0.25, 0.3) is 0 Å². The average molecular weight is 586 g/mol. The van der Waals surface area contributed by atoms with Gasteiger partial charge in [-0.25, -0.2) is 13.2 Å². The molecule has 4 rings (SSSR count). The lowest BCUT2D eigenvalue weighted by Gasteiger charge is -2.27. The zero-order valence-electron chi connectivity index (χ0n) is 23.9. The van der Waals surface area contributed by atoms with Crippen LogP contribution in [0.4, 0.5) is 0 Å². The van der Waals surface area contributed by atoms with Gasteiger partial charge in [0.2, 0.25) is 15.9 Å². The number of hydrogen-bond acceptors (Lipinski definition) is 8. The number of sulfonamides is 1. The number of esters is 2. The van der Waals surface area contributed by atoms with E-state index < -0.39 is 34.0 Å². The predicted molar refractivity (Wildman–Crippen MR) is 153 cm³/mol. The summed E-state index contributed by atoms with van der Waals surface area (Å²) in [5, 5.41) is 2.74. The van der Waals surface area contributed by atoms with Crippen LogP contribution >= 0.6 is 0 Å². The fourth-order valence-corrected chi connectivity index (χ4v) is 6.87. The molecule has 41 heavy (non-hydrogen) atoms. The Bertz CT molecular complexity index is 1320. The van der Waals surface area contributed by atoms with Gasteiger partial charge in [-0.05, 0) is 89.5 Å². The van der Waals surface area contributed by atoms with Gasteiger partial charge < -0.3 is 19.7 Å². The molecule has 2 atom stereocenters. The number of carbonyl (C=O) groups excluding carboxylic acids is 3. The summed E-state index contributed by atoms with van der Waals surface area (Å²) in [5.41, 5.74) is 1.65. The number of carbonyl (C=O) groups is 3. The molecule has 2 aromatic rings. The van der Waals surface area contributed by atoms with Crippen molar-refractivity contribution in [3.8, 4) is 5.75 Å². The zero-order chi connectivity index (χ0) is 29.6. The molecule has 0 unspecified atom stereocenters. The molecule has 222 valence electrons. The number of nitrogens with one attached hydrogen (secondary N) is 1. The Kier molecular flexibility index (Phi) is 10.2. The molecule has 0 spiro atoms. The Morgan fingerprint density at radius 1 is 0.976 bits per heavy atom. The van der Waals surface area contributed by atoms with Crippen molar-refractivity contribution in [2.75, 3.05) is 33.3 Å². The third-order valence-electron chi connectivity index (χ3n) is 7.66. The minimum atomic E-state index is -3.89. The largest absolute Gasteiger partial charge is 0.464 e. The fraction of sp³-hybridized carbons (Fsp3) is 0.500. The molecule has 0 radical (unpaired) electrons. The van der Waals surface area contributed by atoms with Crippen LogP contribution in [0.3, 0.4) is 0 Å². The van der Waals surface area contributed by atoms with Crippen molar-refractivity contribution in [1.82, 2.24) is 14.5 Å². The van der Waals surface area contributed by atoms with Crippen molar-refractivity contribution in [3.05, 3.63) is 59.7 Å². The molecule has 2 aromatic carbocycles. The van der Waals surface area contributed by atoms with Crippen molar-refractivity contribution in [2.24, 2.45) is 5.92 Å². The van der Waals surface area contributed by atoms with E-state index in [-0.39, 0.29) is 36.4 Å². The van der Waals surface area contributed by atoms with Gasteiger partial charge in [-0.3, -0.25) is 9.59 Å². The molecular formula is C30H39N3O7S. The minimum Gasteiger partial charge on any atom is -0.464 e. The van der Waals surface area contributed by atoms with E-state index in [4.69, 9.17) is 9.47 Å². The van der Waals surface area contributed by atoms with Gasteiger partial charge in [0, 0.05) is 13.0 Å². The second kappa shape index (κ2) is 13.6. The number of amides is 1. The van der Waals surface area contributed by atoms with E-state index in [1.165, 1.54) is 16.4 Å². The summed E-state index contributed by atoms with van der Waals surface area (Å²) >= 11 is 0. The van der Waals surface area contributed by atoms with E-state index in [1.54, 1.807) is 43.3 Å². The van der Waals surface area contributed by atoms with Crippen LogP contribution in [0.25, 0.3) is 0 Å². The standard InChI is InChI=1S/C30H39N3O7S/c1-4-39-30(36)26(20-22-9-11-24(12-10-22)40-29(35)23-15-18-32(3)19-16-23)31-28(34)27-6-5-17-33(27)41(37,38)25-13-7-21(2)8-14-25/h7-14,23,26-27H,4-6,15-20H2,1-3H3,(H,31,34)/t26-,27-/m0/s1. The first kappa shape index (κ1) is 30.7. The lowest BCUT2D eigenvalue weighted by atomic mass is 9.97. The third kappa shape index (κ3) is 7.72. The Morgan fingerprint density at radius 3 is 2.27 bits per heavy atom. The summed E-state index contributed by atoms with van der Waals surface area (Å²) in [6.07, 6.45) is 2.54. The lowest BCUT2D eigenvalue weighted by Crippen LogP contribution is -2.51. The van der Waals surface area contributed by atoms with Crippen molar-refractivity contribution >= 4 is 27.9 Å². The molecule has 2 heterocycles. The van der Waals surface area contributed by atoms with E-state index in [9.17, 15) is 22.8 Å². The smallest absolute Gasteiger partial charge is 0.328 e. The van der Waals surface area contributed by atoms with Crippen molar-refractivity contribution < 1.29 is 32.3 Å². The SMILES string of the molecule is CCOC(=O)[C@H](Cc1ccc(OC(=O)C2CCN(C)CC2)cc1)NC(=O)[C@@H]1CCCN1S(=O)(=O)c1ccc(C)cc1. The first-order valence-electron chi connectivity index (χ1n) is 14.1. The number of likely N-dealkylation sites (tertiary alicyclic amines) is 1. The normalized spacial score (nSPS) is 19.4. The van der Waals surface area contributed by atoms with Gasteiger partial charge in [0.15, 0.2) is 0 Å². The van der Waals surface area contributed by atoms with Crippen molar-refractivity contribution in [1.29, 1.82) is 0 Å². The van der Waals surface area contributed by atoms with Crippen LogP contribution in [0, 0.1) is 12.8 Å². The maximum absolute atomic E-state index is 13.4. The molecule has 0 bridgehead atoms. The van der Waals surface area contributed by atoms with Gasteiger partial charge >= 0.3 is 11.9 Å². The van der Waals surface area contributed by atoms with Gasteiger partial charge in [-0.1, -0.05) is 29.8 Å². The van der Waals surface area contributed by atoms with Crippen LogP contribution in [0.15, 0.2) is 53.4 Å². The summed E-state index contributed by atoms with van der Waals surface area (Å²) in [7, 11) is -1.86. The molecule has 2 aliphatic rings. The van der Waals surface area contributed by atoms with E-state index in [1.807, 2.05) is 14.0 Å². The van der Waals surface area contributed by atoms with Crippen LogP contribution in [0.5, 0.6) is 5.75 Å². The van der Waals surface area contributed by atoms with E-state index in [2.05, 4.69) is 10.2 Å². The van der Waals surface area contributed by atoms with Crippen molar-refractivity contribution in [2.45, 2.75) is 62.9 Å². The second-order valence-electron chi connectivity index (χ2n) is 10.7. The lowest BCUT2D eigenvalue weighted by molar-refractivity contribution is -0.147. The Hall–Kier alpha value is -3.28. The highest BCUT2D eigenvalue weighted by Crippen LogP contribution is 2.27. The molecular weight excluding hydrogens is 546 g/mol. The number of rotatable bonds is 10. The summed E-state index contributed by atoms with van der Waals surface area (Å²) < 4.78 is 38.6. The molecule has 1 amide bonds.